The van der Waals surface area contributed by atoms with Crippen molar-refractivity contribution in [3.05, 3.63) is 53.5 Å². The number of benzene rings is 1. The molecule has 136 valence electrons. The lowest BCUT2D eigenvalue weighted by Gasteiger charge is -2.17. The molecule has 0 radical (unpaired) electrons. The first-order valence-electron chi connectivity index (χ1n) is 8.47. The van der Waals surface area contributed by atoms with Gasteiger partial charge in [-0.05, 0) is 55.7 Å². The van der Waals surface area contributed by atoms with Crippen LogP contribution in [0.15, 0.2) is 45.9 Å². The van der Waals surface area contributed by atoms with Crippen molar-refractivity contribution in [3.8, 4) is 0 Å². The second-order valence-corrected chi connectivity index (χ2v) is 8.33. The van der Waals surface area contributed by atoms with Crippen molar-refractivity contribution in [2.45, 2.75) is 50.2 Å². The third-order valence-electron chi connectivity index (χ3n) is 4.28. The Morgan fingerprint density at radius 1 is 1.20 bits per heavy atom. The lowest BCUT2D eigenvalue weighted by Crippen LogP contribution is -2.31. The molecule has 1 amide bonds. The first-order chi connectivity index (χ1) is 11.9. The highest BCUT2D eigenvalue weighted by Crippen LogP contribution is 2.30. The van der Waals surface area contributed by atoms with Gasteiger partial charge in [0.15, 0.2) is 9.84 Å². The second-order valence-electron chi connectivity index (χ2n) is 6.20. The van der Waals surface area contributed by atoms with E-state index in [2.05, 4.69) is 5.32 Å². The van der Waals surface area contributed by atoms with Gasteiger partial charge in [0.05, 0.1) is 11.2 Å². The zero-order valence-electron chi connectivity index (χ0n) is 14.9. The largest absolute Gasteiger partial charge is 0.468 e. The summed E-state index contributed by atoms with van der Waals surface area (Å²) in [4.78, 5) is 12.1. The van der Waals surface area contributed by atoms with Crippen molar-refractivity contribution in [3.63, 3.8) is 0 Å². The van der Waals surface area contributed by atoms with Crippen LogP contribution in [0, 0.1) is 13.8 Å². The van der Waals surface area contributed by atoms with Crippen LogP contribution in [0.4, 0.5) is 0 Å². The number of unbranched alkanes of at least 4 members (excludes halogenated alkanes) is 1. The van der Waals surface area contributed by atoms with Crippen LogP contribution in [0.1, 0.15) is 48.3 Å². The summed E-state index contributed by atoms with van der Waals surface area (Å²) in [6, 6.07) is 8.34. The van der Waals surface area contributed by atoms with Crippen LogP contribution < -0.4 is 5.32 Å². The molecule has 2 rings (SSSR count). The maximum atomic E-state index is 13.1. The Morgan fingerprint density at radius 3 is 2.56 bits per heavy atom. The maximum Gasteiger partial charge on any atom is 0.220 e. The van der Waals surface area contributed by atoms with Gasteiger partial charge in [-0.3, -0.25) is 4.79 Å². The highest BCUT2D eigenvalue weighted by atomic mass is 32.2. The molecule has 5 nitrogen and oxygen atoms in total. The highest BCUT2D eigenvalue weighted by Gasteiger charge is 2.32. The Labute approximate surface area is 149 Å². The van der Waals surface area contributed by atoms with Crippen LogP contribution in [0.5, 0.6) is 0 Å². The number of carbonyl (C=O) groups is 1. The normalized spacial score (nSPS) is 12.8. The van der Waals surface area contributed by atoms with Crippen molar-refractivity contribution in [1.82, 2.24) is 5.32 Å². The van der Waals surface area contributed by atoms with E-state index in [1.165, 1.54) is 6.26 Å². The molecule has 1 heterocycles. The molecule has 0 unspecified atom stereocenters. The minimum absolute atomic E-state index is 0.00861. The molecule has 0 spiro atoms. The van der Waals surface area contributed by atoms with Crippen molar-refractivity contribution in [2.24, 2.45) is 0 Å². The highest BCUT2D eigenvalue weighted by molar-refractivity contribution is 7.91. The minimum atomic E-state index is -3.69. The van der Waals surface area contributed by atoms with E-state index in [9.17, 15) is 13.2 Å². The van der Waals surface area contributed by atoms with E-state index < -0.39 is 15.1 Å². The van der Waals surface area contributed by atoms with Crippen LogP contribution in [-0.2, 0) is 14.6 Å². The molecule has 0 aliphatic rings. The van der Waals surface area contributed by atoms with Crippen molar-refractivity contribution in [2.75, 3.05) is 6.54 Å². The molecule has 0 aliphatic carbocycles. The molecule has 1 aromatic heterocycles. The summed E-state index contributed by atoms with van der Waals surface area (Å²) < 4.78 is 31.6. The summed E-state index contributed by atoms with van der Waals surface area (Å²) in [5.41, 5.74) is 1.94. The molecule has 0 aliphatic heterocycles. The summed E-state index contributed by atoms with van der Waals surface area (Å²) in [5.74, 6) is 0.183. The van der Waals surface area contributed by atoms with Crippen LogP contribution in [0.25, 0.3) is 0 Å². The van der Waals surface area contributed by atoms with E-state index in [-0.39, 0.29) is 17.3 Å². The molecule has 2 aromatic rings. The number of carbonyl (C=O) groups excluding carboxylic acids is 1. The van der Waals surface area contributed by atoms with E-state index in [1.54, 1.807) is 30.3 Å². The van der Waals surface area contributed by atoms with E-state index in [1.807, 2.05) is 20.8 Å². The Kier molecular flexibility index (Phi) is 6.42. The molecule has 1 aromatic carbocycles. The Morgan fingerprint density at radius 2 is 1.96 bits per heavy atom. The third kappa shape index (κ3) is 4.72. The molecule has 6 heteroatoms. The number of furan rings is 1. The molecule has 0 fully saturated rings. The van der Waals surface area contributed by atoms with Gasteiger partial charge in [0.1, 0.15) is 11.0 Å². The Hall–Kier alpha value is -2.08. The van der Waals surface area contributed by atoms with Gasteiger partial charge in [0, 0.05) is 13.0 Å². The number of sulfone groups is 1. The fraction of sp³-hybridized carbons (Fsp3) is 0.421. The molecule has 0 saturated heterocycles. The fourth-order valence-electron chi connectivity index (χ4n) is 2.53. The maximum absolute atomic E-state index is 13.1. The second kappa shape index (κ2) is 8.34. The van der Waals surface area contributed by atoms with Crippen molar-refractivity contribution >= 4 is 15.7 Å². The van der Waals surface area contributed by atoms with E-state index in [0.717, 1.165) is 24.0 Å². The Balaban J connectivity index is 2.28. The van der Waals surface area contributed by atoms with E-state index >= 15 is 0 Å². The predicted octanol–water partition coefficient (Wildman–Crippen LogP) is 3.72. The number of rotatable bonds is 8. The van der Waals surface area contributed by atoms with Gasteiger partial charge >= 0.3 is 0 Å². The summed E-state index contributed by atoms with van der Waals surface area (Å²) in [6.45, 7) is 5.81. The summed E-state index contributed by atoms with van der Waals surface area (Å²) >= 11 is 0. The topological polar surface area (TPSA) is 76.4 Å². The van der Waals surface area contributed by atoms with Gasteiger partial charge in [0.25, 0.3) is 0 Å². The van der Waals surface area contributed by atoms with Gasteiger partial charge < -0.3 is 9.73 Å². The average Bonchev–Trinajstić information content (AvgIpc) is 3.09. The van der Waals surface area contributed by atoms with Gasteiger partial charge in [-0.15, -0.1) is 0 Å². The number of hydrogen-bond acceptors (Lipinski definition) is 4. The first kappa shape index (κ1) is 19.2. The monoisotopic (exact) mass is 363 g/mol. The van der Waals surface area contributed by atoms with Crippen LogP contribution in [0.3, 0.4) is 0 Å². The molecule has 0 saturated carbocycles. The van der Waals surface area contributed by atoms with Crippen LogP contribution in [0.2, 0.25) is 0 Å². The number of amides is 1. The standard InChI is InChI=1S/C19H25NO4S/c1-4-5-8-19(21)20-13-18(17-7-6-11-24-17)25(22,23)16-10-9-14(2)15(3)12-16/h6-7,9-12,18H,4-5,8,13H2,1-3H3,(H,20,21)/t18-/m1/s1. The minimum Gasteiger partial charge on any atom is -0.468 e. The fourth-order valence-corrected chi connectivity index (χ4v) is 4.20. The average molecular weight is 363 g/mol. The van der Waals surface area contributed by atoms with Gasteiger partial charge in [-0.2, -0.15) is 0 Å². The molecular formula is C19H25NO4S. The predicted molar refractivity (Wildman–Crippen MR) is 97.1 cm³/mol. The van der Waals surface area contributed by atoms with Crippen molar-refractivity contribution < 1.29 is 17.6 Å². The number of aryl methyl sites for hydroxylation is 2. The van der Waals surface area contributed by atoms with E-state index in [4.69, 9.17) is 4.42 Å². The zero-order valence-corrected chi connectivity index (χ0v) is 15.7. The molecular weight excluding hydrogens is 338 g/mol. The van der Waals surface area contributed by atoms with Crippen molar-refractivity contribution in [1.29, 1.82) is 0 Å². The smallest absolute Gasteiger partial charge is 0.220 e. The summed E-state index contributed by atoms with van der Waals surface area (Å²) in [6.07, 6.45) is 3.53. The number of hydrogen-bond donors (Lipinski definition) is 1. The molecule has 1 atom stereocenters. The van der Waals surface area contributed by atoms with Crippen LogP contribution in [-0.4, -0.2) is 20.9 Å². The molecule has 25 heavy (non-hydrogen) atoms. The summed E-state index contributed by atoms with van der Waals surface area (Å²) in [7, 11) is -3.69. The zero-order chi connectivity index (χ0) is 18.4. The third-order valence-corrected chi connectivity index (χ3v) is 6.34. The van der Waals surface area contributed by atoms with Gasteiger partial charge in [-0.1, -0.05) is 19.4 Å². The first-order valence-corrected chi connectivity index (χ1v) is 10.0. The lowest BCUT2D eigenvalue weighted by atomic mass is 10.1. The van der Waals surface area contributed by atoms with E-state index in [0.29, 0.717) is 12.2 Å². The molecule has 0 bridgehead atoms. The number of nitrogens with one attached hydrogen (secondary N) is 1. The SMILES string of the molecule is CCCCC(=O)NC[C@H](c1ccco1)S(=O)(=O)c1ccc(C)c(C)c1. The Bertz CT molecular complexity index is 810. The van der Waals surface area contributed by atoms with Gasteiger partial charge in [0.2, 0.25) is 5.91 Å². The van der Waals surface area contributed by atoms with Crippen LogP contribution >= 0.6 is 0 Å². The van der Waals surface area contributed by atoms with Gasteiger partial charge in [-0.25, -0.2) is 8.42 Å². The quantitative estimate of drug-likeness (QED) is 0.775. The lowest BCUT2D eigenvalue weighted by molar-refractivity contribution is -0.121. The molecule has 1 N–H and O–H groups in total. The summed E-state index contributed by atoms with van der Waals surface area (Å²) in [5, 5.41) is 1.78.